The summed E-state index contributed by atoms with van der Waals surface area (Å²) >= 11 is 0. The highest BCUT2D eigenvalue weighted by Gasteiger charge is 2.76. The Morgan fingerprint density at radius 1 is 1.47 bits per heavy atom. The molecule has 3 aliphatic heterocycles. The molecule has 3 heterocycles. The molecule has 2 saturated heterocycles. The highest BCUT2D eigenvalue weighted by molar-refractivity contribution is 5.88. The number of hydrogen-bond donors (Lipinski definition) is 0. The molecule has 1 saturated carbocycles. The molecule has 0 bridgehead atoms. The molecule has 4 atom stereocenters. The molecule has 0 aromatic heterocycles. The Labute approximate surface area is 102 Å². The fourth-order valence-electron chi connectivity index (χ4n) is 4.93. The maximum Gasteiger partial charge on any atom is 0.331 e. The van der Waals surface area contributed by atoms with Crippen molar-refractivity contribution >= 4 is 5.97 Å². The third-order valence-electron chi connectivity index (χ3n) is 5.87. The van der Waals surface area contributed by atoms with Crippen molar-refractivity contribution in [2.45, 2.75) is 57.2 Å². The molecule has 0 aromatic carbocycles. The summed E-state index contributed by atoms with van der Waals surface area (Å²) in [7, 11) is 0. The first-order chi connectivity index (χ1) is 8.09. The molecule has 3 heteroatoms. The van der Waals surface area contributed by atoms with Crippen LogP contribution in [0, 0.1) is 5.41 Å². The van der Waals surface area contributed by atoms with Crippen molar-refractivity contribution in [1.29, 1.82) is 0 Å². The van der Waals surface area contributed by atoms with E-state index in [9.17, 15) is 4.79 Å². The summed E-state index contributed by atoms with van der Waals surface area (Å²) in [6, 6.07) is 0.985. The molecule has 3 fully saturated rings. The number of carbonyl (C=O) groups excluding carboxylic acids is 1. The molecular weight excluding hydrogens is 214 g/mol. The second-order valence-corrected chi connectivity index (χ2v) is 6.35. The third kappa shape index (κ3) is 0.864. The normalized spacial score (nSPS) is 52.1. The van der Waals surface area contributed by atoms with E-state index in [1.54, 1.807) is 6.08 Å². The van der Waals surface area contributed by atoms with Crippen molar-refractivity contribution in [2.75, 3.05) is 6.54 Å². The fourth-order valence-corrected chi connectivity index (χ4v) is 4.93. The van der Waals surface area contributed by atoms with Crippen LogP contribution in [0.25, 0.3) is 0 Å². The predicted molar refractivity (Wildman–Crippen MR) is 63.4 cm³/mol. The van der Waals surface area contributed by atoms with E-state index in [0.717, 1.165) is 6.42 Å². The van der Waals surface area contributed by atoms with Crippen molar-refractivity contribution < 1.29 is 9.53 Å². The van der Waals surface area contributed by atoms with Crippen molar-refractivity contribution in [1.82, 2.24) is 4.90 Å². The lowest BCUT2D eigenvalue weighted by atomic mass is 9.52. The molecule has 1 spiro atoms. The van der Waals surface area contributed by atoms with Gasteiger partial charge in [0, 0.05) is 17.5 Å². The lowest BCUT2D eigenvalue weighted by molar-refractivity contribution is -0.166. The second kappa shape index (κ2) is 2.77. The molecule has 0 N–H and O–H groups in total. The molecular formula is C14H19NO2. The minimum absolute atomic E-state index is 0.108. The number of hydrogen-bond acceptors (Lipinski definition) is 3. The van der Waals surface area contributed by atoms with Crippen LogP contribution in [0.15, 0.2) is 11.6 Å². The summed E-state index contributed by atoms with van der Waals surface area (Å²) < 4.78 is 5.84. The van der Waals surface area contributed by atoms with Gasteiger partial charge in [-0.25, -0.2) is 4.79 Å². The molecule has 0 radical (unpaired) electrons. The monoisotopic (exact) mass is 233 g/mol. The zero-order chi connectivity index (χ0) is 11.8. The number of piperidine rings is 1. The van der Waals surface area contributed by atoms with Gasteiger partial charge in [0.15, 0.2) is 5.60 Å². The Hall–Kier alpha value is -0.830. The van der Waals surface area contributed by atoms with E-state index >= 15 is 0 Å². The Morgan fingerprint density at radius 2 is 2.29 bits per heavy atom. The van der Waals surface area contributed by atoms with Crippen LogP contribution in [-0.2, 0) is 9.53 Å². The van der Waals surface area contributed by atoms with E-state index in [0.29, 0.717) is 12.1 Å². The number of nitrogens with zero attached hydrogens (tertiary/aromatic N) is 1. The predicted octanol–water partition coefficient (Wildman–Crippen LogP) is 1.88. The smallest absolute Gasteiger partial charge is 0.331 e. The number of fused-ring (bicyclic) bond motifs is 1. The lowest BCUT2D eigenvalue weighted by Crippen LogP contribution is -2.61. The van der Waals surface area contributed by atoms with Gasteiger partial charge in [0.1, 0.15) is 0 Å². The van der Waals surface area contributed by atoms with E-state index in [4.69, 9.17) is 4.74 Å². The SMILES string of the molecule is C[C@@H]1N2CCCC[C@@H]2[C@@]23OC(=O)C=C2CC13C. The van der Waals surface area contributed by atoms with Gasteiger partial charge in [-0.1, -0.05) is 13.3 Å². The van der Waals surface area contributed by atoms with Gasteiger partial charge >= 0.3 is 5.97 Å². The van der Waals surface area contributed by atoms with Crippen LogP contribution in [-0.4, -0.2) is 35.1 Å². The molecule has 4 rings (SSSR count). The fraction of sp³-hybridized carbons (Fsp3) is 0.786. The van der Waals surface area contributed by atoms with Crippen molar-refractivity contribution in [3.05, 3.63) is 11.6 Å². The highest BCUT2D eigenvalue weighted by Crippen LogP contribution is 2.68. The van der Waals surface area contributed by atoms with Gasteiger partial charge < -0.3 is 4.74 Å². The summed E-state index contributed by atoms with van der Waals surface area (Å²) in [6.45, 7) is 5.80. The summed E-state index contributed by atoms with van der Waals surface area (Å²) in [4.78, 5) is 14.2. The molecule has 17 heavy (non-hydrogen) atoms. The van der Waals surface area contributed by atoms with Gasteiger partial charge in [0.25, 0.3) is 0 Å². The zero-order valence-corrected chi connectivity index (χ0v) is 10.5. The molecule has 4 aliphatic rings. The Morgan fingerprint density at radius 3 is 3.06 bits per heavy atom. The van der Waals surface area contributed by atoms with Gasteiger partial charge in [-0.2, -0.15) is 0 Å². The first-order valence-corrected chi connectivity index (χ1v) is 6.79. The largest absolute Gasteiger partial charge is 0.449 e. The van der Waals surface area contributed by atoms with E-state index in [1.807, 2.05) is 0 Å². The molecule has 3 nitrogen and oxygen atoms in total. The summed E-state index contributed by atoms with van der Waals surface area (Å²) in [5, 5.41) is 0. The Kier molecular flexibility index (Phi) is 1.65. The van der Waals surface area contributed by atoms with Crippen molar-refractivity contribution in [3.63, 3.8) is 0 Å². The van der Waals surface area contributed by atoms with E-state index in [2.05, 4.69) is 18.7 Å². The minimum atomic E-state index is -0.246. The second-order valence-electron chi connectivity index (χ2n) is 6.35. The topological polar surface area (TPSA) is 29.5 Å². The maximum atomic E-state index is 11.6. The first-order valence-electron chi connectivity index (χ1n) is 6.79. The van der Waals surface area contributed by atoms with Gasteiger partial charge in [-0.15, -0.1) is 0 Å². The van der Waals surface area contributed by atoms with Crippen molar-refractivity contribution in [3.8, 4) is 0 Å². The lowest BCUT2D eigenvalue weighted by Gasteiger charge is -2.54. The standard InChI is InChI=1S/C14H19NO2/c1-9-13(2)8-10-7-12(16)17-14(10,13)11-5-3-4-6-15(9)11/h7,9,11H,3-6,8H2,1-2H3/t9-,11+,13?,14-/m0/s1. The average molecular weight is 233 g/mol. The van der Waals surface area contributed by atoms with Crippen LogP contribution in [0.5, 0.6) is 0 Å². The van der Waals surface area contributed by atoms with Gasteiger partial charge in [0.2, 0.25) is 0 Å². The quantitative estimate of drug-likeness (QED) is 0.598. The number of ether oxygens (including phenoxy) is 1. The minimum Gasteiger partial charge on any atom is -0.449 e. The molecule has 0 aromatic rings. The number of rotatable bonds is 0. The van der Waals surface area contributed by atoms with Crippen LogP contribution >= 0.6 is 0 Å². The Bertz CT molecular complexity index is 444. The maximum absolute atomic E-state index is 11.6. The molecule has 1 unspecified atom stereocenters. The van der Waals surface area contributed by atoms with Gasteiger partial charge in [0.05, 0.1) is 6.04 Å². The highest BCUT2D eigenvalue weighted by atomic mass is 16.6. The number of carbonyl (C=O) groups is 1. The average Bonchev–Trinajstić information content (AvgIpc) is 2.66. The third-order valence-corrected chi connectivity index (χ3v) is 5.87. The number of esters is 1. The molecule has 92 valence electrons. The molecule has 1 aliphatic carbocycles. The van der Waals surface area contributed by atoms with Crippen LogP contribution in [0.4, 0.5) is 0 Å². The summed E-state index contributed by atoms with van der Waals surface area (Å²) in [5.41, 5.74) is 1.18. The van der Waals surface area contributed by atoms with Gasteiger partial charge in [-0.3, -0.25) is 4.90 Å². The Balaban J connectivity index is 1.85. The first kappa shape index (κ1) is 10.1. The van der Waals surface area contributed by atoms with Crippen LogP contribution in [0.1, 0.15) is 39.5 Å². The summed E-state index contributed by atoms with van der Waals surface area (Å²) in [5.74, 6) is -0.108. The summed E-state index contributed by atoms with van der Waals surface area (Å²) in [6.07, 6.45) is 6.56. The van der Waals surface area contributed by atoms with Crippen LogP contribution in [0.2, 0.25) is 0 Å². The van der Waals surface area contributed by atoms with Crippen LogP contribution in [0.3, 0.4) is 0 Å². The van der Waals surface area contributed by atoms with E-state index in [1.165, 1.54) is 31.4 Å². The van der Waals surface area contributed by atoms with Crippen molar-refractivity contribution in [2.24, 2.45) is 5.41 Å². The molecule has 0 amide bonds. The van der Waals surface area contributed by atoms with Crippen LogP contribution < -0.4 is 0 Å². The van der Waals surface area contributed by atoms with E-state index < -0.39 is 0 Å². The van der Waals surface area contributed by atoms with Gasteiger partial charge in [-0.05, 0) is 38.3 Å². The van der Waals surface area contributed by atoms with E-state index in [-0.39, 0.29) is 17.0 Å². The zero-order valence-electron chi connectivity index (χ0n) is 10.5.